The number of furan rings is 1. The lowest BCUT2D eigenvalue weighted by molar-refractivity contribution is 0.0661. The van der Waals surface area contributed by atoms with E-state index in [-0.39, 0.29) is 16.2 Å². The van der Waals surface area contributed by atoms with Gasteiger partial charge in [-0.3, -0.25) is 0 Å². The first-order chi connectivity index (χ1) is 8.73. The van der Waals surface area contributed by atoms with E-state index in [4.69, 9.17) is 14.3 Å². The van der Waals surface area contributed by atoms with Crippen molar-refractivity contribution in [2.24, 2.45) is 0 Å². The molecule has 7 nitrogen and oxygen atoms in total. The van der Waals surface area contributed by atoms with Crippen molar-refractivity contribution in [2.45, 2.75) is 23.8 Å². The van der Waals surface area contributed by atoms with Crippen LogP contribution in [0.2, 0.25) is 0 Å². The van der Waals surface area contributed by atoms with Gasteiger partial charge < -0.3 is 14.3 Å². The van der Waals surface area contributed by atoms with Crippen molar-refractivity contribution in [3.8, 4) is 0 Å². The van der Waals surface area contributed by atoms with Crippen LogP contribution in [-0.2, 0) is 14.8 Å². The van der Waals surface area contributed by atoms with Crippen LogP contribution in [-0.4, -0.2) is 38.2 Å². The van der Waals surface area contributed by atoms with E-state index in [0.29, 0.717) is 13.0 Å². The molecule has 0 radical (unpaired) electrons. The summed E-state index contributed by atoms with van der Waals surface area (Å²) in [7, 11) is -3.88. The predicted molar refractivity (Wildman–Crippen MR) is 67.5 cm³/mol. The number of rotatable bonds is 4. The number of carboxylic acid groups (broad SMARTS) is 1. The third-order valence-electron chi connectivity index (χ3n) is 2.76. The Labute approximate surface area is 118 Å². The lowest BCUT2D eigenvalue weighted by Gasteiger charge is -2.22. The van der Waals surface area contributed by atoms with Gasteiger partial charge in [-0.2, -0.15) is 0 Å². The van der Waals surface area contributed by atoms with Gasteiger partial charge in [0.1, 0.15) is 4.90 Å². The fourth-order valence-electron chi connectivity index (χ4n) is 1.77. The molecular formula is C10H12BrNO6S. The van der Waals surface area contributed by atoms with Crippen LogP contribution in [0.1, 0.15) is 23.9 Å². The third-order valence-corrected chi connectivity index (χ3v) is 5.25. The Morgan fingerprint density at radius 2 is 2.26 bits per heavy atom. The van der Waals surface area contributed by atoms with Crippen molar-refractivity contribution in [2.75, 3.05) is 13.2 Å². The molecule has 0 aliphatic carbocycles. The molecule has 1 aliphatic rings. The minimum Gasteiger partial charge on any atom is -0.475 e. The number of carbonyl (C=O) groups is 1. The minimum atomic E-state index is -3.88. The van der Waals surface area contributed by atoms with Gasteiger partial charge in [-0.05, 0) is 29.3 Å². The molecule has 0 bridgehead atoms. The second-order valence-electron chi connectivity index (χ2n) is 4.52. The lowest BCUT2D eigenvalue weighted by atomic mass is 10.0. The molecule has 1 unspecified atom stereocenters. The fraction of sp³-hybridized carbons (Fsp3) is 0.500. The van der Waals surface area contributed by atoms with E-state index >= 15 is 0 Å². The SMILES string of the molecule is CC1(NS(=O)(=O)c2cc(C(=O)O)oc2Br)CCOC1. The van der Waals surface area contributed by atoms with E-state index in [1.807, 2.05) is 0 Å². The molecule has 1 aromatic heterocycles. The average molecular weight is 354 g/mol. The van der Waals surface area contributed by atoms with Crippen LogP contribution in [0.3, 0.4) is 0 Å². The van der Waals surface area contributed by atoms with Gasteiger partial charge in [0.15, 0.2) is 4.67 Å². The fourth-order valence-corrected chi connectivity index (χ4v) is 4.13. The molecule has 0 spiro atoms. The Bertz CT molecular complexity index is 602. The van der Waals surface area contributed by atoms with Crippen LogP contribution in [0.25, 0.3) is 0 Å². The zero-order valence-corrected chi connectivity index (χ0v) is 12.4. The molecule has 1 fully saturated rings. The van der Waals surface area contributed by atoms with Crippen molar-refractivity contribution < 1.29 is 27.5 Å². The number of hydrogen-bond donors (Lipinski definition) is 2. The summed E-state index contributed by atoms with van der Waals surface area (Å²) >= 11 is 2.91. The summed E-state index contributed by atoms with van der Waals surface area (Å²) in [5.74, 6) is -1.78. The molecule has 9 heteroatoms. The number of aromatic carboxylic acids is 1. The van der Waals surface area contributed by atoms with Gasteiger partial charge in [0.25, 0.3) is 0 Å². The van der Waals surface area contributed by atoms with Gasteiger partial charge in [-0.15, -0.1) is 0 Å². The first-order valence-electron chi connectivity index (χ1n) is 5.38. The summed E-state index contributed by atoms with van der Waals surface area (Å²) in [4.78, 5) is 10.5. The predicted octanol–water partition coefficient (Wildman–Crippen LogP) is 1.20. The topological polar surface area (TPSA) is 106 Å². The van der Waals surface area contributed by atoms with Crippen LogP contribution >= 0.6 is 15.9 Å². The molecule has 106 valence electrons. The molecule has 19 heavy (non-hydrogen) atoms. The van der Waals surface area contributed by atoms with Gasteiger partial charge in [-0.1, -0.05) is 0 Å². The van der Waals surface area contributed by atoms with Gasteiger partial charge >= 0.3 is 5.97 Å². The van der Waals surface area contributed by atoms with Gasteiger partial charge in [0.2, 0.25) is 15.8 Å². The molecular weight excluding hydrogens is 342 g/mol. The van der Waals surface area contributed by atoms with Crippen molar-refractivity contribution in [1.29, 1.82) is 0 Å². The number of nitrogens with one attached hydrogen (secondary N) is 1. The highest BCUT2D eigenvalue weighted by atomic mass is 79.9. The molecule has 0 saturated carbocycles. The Balaban J connectivity index is 2.31. The molecule has 0 amide bonds. The number of hydrogen-bond acceptors (Lipinski definition) is 5. The average Bonchev–Trinajstić information content (AvgIpc) is 2.84. The van der Waals surface area contributed by atoms with Gasteiger partial charge in [0, 0.05) is 12.7 Å². The largest absolute Gasteiger partial charge is 0.475 e. The summed E-state index contributed by atoms with van der Waals surface area (Å²) in [5, 5.41) is 8.77. The highest BCUT2D eigenvalue weighted by molar-refractivity contribution is 9.10. The van der Waals surface area contributed by atoms with Crippen molar-refractivity contribution in [1.82, 2.24) is 4.72 Å². The first-order valence-corrected chi connectivity index (χ1v) is 7.65. The highest BCUT2D eigenvalue weighted by Crippen LogP contribution is 2.28. The first kappa shape index (κ1) is 14.5. The molecule has 0 aromatic carbocycles. The maximum absolute atomic E-state index is 12.2. The summed E-state index contributed by atoms with van der Waals surface area (Å²) in [6.07, 6.45) is 0.549. The summed E-state index contributed by atoms with van der Waals surface area (Å²) < 4.78 is 36.8. The van der Waals surface area contributed by atoms with E-state index in [1.165, 1.54) is 0 Å². The zero-order valence-electron chi connectivity index (χ0n) is 9.97. The Hall–Kier alpha value is -0.900. The number of carboxylic acids is 1. The van der Waals surface area contributed by atoms with Crippen LogP contribution in [0.4, 0.5) is 0 Å². The van der Waals surface area contributed by atoms with E-state index in [2.05, 4.69) is 20.7 Å². The smallest absolute Gasteiger partial charge is 0.371 e. The molecule has 1 aromatic rings. The number of halogens is 1. The van der Waals surface area contributed by atoms with Crippen molar-refractivity contribution in [3.05, 3.63) is 16.5 Å². The number of ether oxygens (including phenoxy) is 1. The molecule has 1 saturated heterocycles. The Kier molecular flexibility index (Phi) is 3.74. The Morgan fingerprint density at radius 1 is 1.58 bits per heavy atom. The van der Waals surface area contributed by atoms with E-state index < -0.39 is 27.3 Å². The van der Waals surface area contributed by atoms with Crippen LogP contribution in [0.15, 0.2) is 20.0 Å². The third kappa shape index (κ3) is 2.99. The molecule has 1 atom stereocenters. The van der Waals surface area contributed by atoms with Gasteiger partial charge in [0.05, 0.1) is 12.1 Å². The maximum Gasteiger partial charge on any atom is 0.371 e. The molecule has 2 N–H and O–H groups in total. The van der Waals surface area contributed by atoms with Crippen molar-refractivity contribution >= 4 is 31.9 Å². The quantitative estimate of drug-likeness (QED) is 0.842. The van der Waals surface area contributed by atoms with Crippen LogP contribution in [0.5, 0.6) is 0 Å². The maximum atomic E-state index is 12.2. The minimum absolute atomic E-state index is 0.139. The lowest BCUT2D eigenvalue weighted by Crippen LogP contribution is -2.46. The normalized spacial score (nSPS) is 23.7. The van der Waals surface area contributed by atoms with E-state index in [9.17, 15) is 13.2 Å². The van der Waals surface area contributed by atoms with Crippen LogP contribution in [0, 0.1) is 0 Å². The second-order valence-corrected chi connectivity index (χ2v) is 6.89. The highest BCUT2D eigenvalue weighted by Gasteiger charge is 2.36. The zero-order chi connectivity index (χ0) is 14.3. The number of sulfonamides is 1. The van der Waals surface area contributed by atoms with E-state index in [1.54, 1.807) is 6.92 Å². The van der Waals surface area contributed by atoms with E-state index in [0.717, 1.165) is 6.07 Å². The van der Waals surface area contributed by atoms with Crippen LogP contribution < -0.4 is 4.72 Å². The summed E-state index contributed by atoms with van der Waals surface area (Å²) in [6.45, 7) is 2.48. The molecule has 2 rings (SSSR count). The molecule has 2 heterocycles. The monoisotopic (exact) mass is 353 g/mol. The van der Waals surface area contributed by atoms with Crippen molar-refractivity contribution in [3.63, 3.8) is 0 Å². The standard InChI is InChI=1S/C10H12BrNO6S/c1-10(2-3-17-5-10)12-19(15,16)7-4-6(9(13)14)18-8(7)11/h4,12H,2-3,5H2,1H3,(H,13,14). The summed E-state index contributed by atoms with van der Waals surface area (Å²) in [5.41, 5.74) is -0.696. The summed E-state index contributed by atoms with van der Waals surface area (Å²) in [6, 6.07) is 0.966. The Morgan fingerprint density at radius 3 is 2.74 bits per heavy atom. The molecule has 1 aliphatic heterocycles. The van der Waals surface area contributed by atoms with Gasteiger partial charge in [-0.25, -0.2) is 17.9 Å². The second kappa shape index (κ2) is 4.89.